The van der Waals surface area contributed by atoms with E-state index in [1.807, 2.05) is 0 Å². The van der Waals surface area contributed by atoms with Gasteiger partial charge in [-0.2, -0.15) is 0 Å². The van der Waals surface area contributed by atoms with Gasteiger partial charge in [0.05, 0.1) is 5.56 Å². The van der Waals surface area contributed by atoms with Crippen molar-refractivity contribution in [2.45, 2.75) is 6.92 Å². The summed E-state index contributed by atoms with van der Waals surface area (Å²) in [5, 5.41) is 0. The van der Waals surface area contributed by atoms with E-state index < -0.39 is 5.97 Å². The van der Waals surface area contributed by atoms with Crippen molar-refractivity contribution in [3.05, 3.63) is 35.1 Å². The van der Waals surface area contributed by atoms with Crippen molar-refractivity contribution in [3.8, 4) is 0 Å². The van der Waals surface area contributed by atoms with E-state index in [-0.39, 0.29) is 11.4 Å². The molecule has 1 rings (SSSR count). The number of rotatable bonds is 1. The molecule has 12 heavy (non-hydrogen) atoms. The Balaban J connectivity index is 3.05. The van der Waals surface area contributed by atoms with Gasteiger partial charge in [0.2, 0.25) is 0 Å². The van der Waals surface area contributed by atoms with E-state index in [1.54, 1.807) is 6.92 Å². The lowest BCUT2D eigenvalue weighted by Crippen LogP contribution is -1.98. The van der Waals surface area contributed by atoms with Crippen molar-refractivity contribution in [2.24, 2.45) is 0 Å². The zero-order valence-corrected chi connectivity index (χ0v) is 7.06. The Morgan fingerprint density at radius 3 is 2.75 bits per heavy atom. The maximum absolute atomic E-state index is 12.7. The Morgan fingerprint density at radius 1 is 1.58 bits per heavy atom. The third-order valence-corrected chi connectivity index (χ3v) is 1.60. The largest absolute Gasteiger partial charge is 0.356 e. The lowest BCUT2D eigenvalue weighted by Gasteiger charge is -1.98. The molecule has 0 atom stereocenters. The van der Waals surface area contributed by atoms with Gasteiger partial charge < -0.3 is 4.29 Å². The quantitative estimate of drug-likeness (QED) is 0.677. The van der Waals surface area contributed by atoms with Crippen LogP contribution >= 0.6 is 11.9 Å². The Morgan fingerprint density at radius 2 is 2.25 bits per heavy atom. The summed E-state index contributed by atoms with van der Waals surface area (Å²) < 4.78 is 16.6. The van der Waals surface area contributed by atoms with Crippen molar-refractivity contribution < 1.29 is 13.5 Å². The van der Waals surface area contributed by atoms with Crippen LogP contribution in [0.5, 0.6) is 0 Å². The van der Waals surface area contributed by atoms with Gasteiger partial charge in [0.25, 0.3) is 0 Å². The van der Waals surface area contributed by atoms with Gasteiger partial charge in [0.1, 0.15) is 17.7 Å². The van der Waals surface area contributed by atoms with Gasteiger partial charge in [-0.25, -0.2) is 9.18 Å². The minimum absolute atomic E-state index is 0.240. The first kappa shape index (κ1) is 9.00. The van der Waals surface area contributed by atoms with Crippen LogP contribution in [0.15, 0.2) is 18.2 Å². The van der Waals surface area contributed by atoms with Gasteiger partial charge in [-0.15, -0.1) is 0 Å². The maximum atomic E-state index is 12.7. The van der Waals surface area contributed by atoms with Crippen LogP contribution in [0.4, 0.5) is 4.39 Å². The summed E-state index contributed by atoms with van der Waals surface area (Å²) in [6, 6.07) is 3.88. The molecule has 0 aliphatic heterocycles. The van der Waals surface area contributed by atoms with Crippen molar-refractivity contribution in [2.75, 3.05) is 0 Å². The van der Waals surface area contributed by atoms with Crippen LogP contribution in [-0.4, -0.2) is 5.97 Å². The molecule has 0 aliphatic rings. The van der Waals surface area contributed by atoms with Gasteiger partial charge in [0, 0.05) is 0 Å². The SMILES string of the molecule is Cc1cc(C(=O)OCl)ccc1F. The van der Waals surface area contributed by atoms with Gasteiger partial charge in [-0.1, -0.05) is 0 Å². The summed E-state index contributed by atoms with van der Waals surface area (Å²) in [4.78, 5) is 10.8. The summed E-state index contributed by atoms with van der Waals surface area (Å²) in [5.41, 5.74) is 0.624. The van der Waals surface area contributed by atoms with E-state index in [2.05, 4.69) is 4.29 Å². The average Bonchev–Trinajstić information content (AvgIpc) is 2.08. The molecule has 4 heteroatoms. The number of hydrogen-bond donors (Lipinski definition) is 0. The van der Waals surface area contributed by atoms with E-state index in [0.29, 0.717) is 5.56 Å². The fraction of sp³-hybridized carbons (Fsp3) is 0.125. The molecule has 0 unspecified atom stereocenters. The van der Waals surface area contributed by atoms with Crippen molar-refractivity contribution in [1.82, 2.24) is 0 Å². The Kier molecular flexibility index (Phi) is 2.65. The highest BCUT2D eigenvalue weighted by atomic mass is 35.5. The van der Waals surface area contributed by atoms with Crippen LogP contribution in [-0.2, 0) is 4.29 Å². The van der Waals surface area contributed by atoms with Gasteiger partial charge in [-0.3, -0.25) is 0 Å². The summed E-state index contributed by atoms with van der Waals surface area (Å²) in [5.74, 6) is -1.04. The smallest absolute Gasteiger partial charge is 0.343 e. The second-order valence-electron chi connectivity index (χ2n) is 2.33. The molecule has 0 saturated carbocycles. The molecule has 0 N–H and O–H groups in total. The Bertz CT molecular complexity index is 312. The molecule has 0 heterocycles. The number of halogens is 2. The highest BCUT2D eigenvalue weighted by Gasteiger charge is 2.07. The Hall–Kier alpha value is -1.09. The first-order chi connectivity index (χ1) is 5.65. The lowest BCUT2D eigenvalue weighted by atomic mass is 10.1. The van der Waals surface area contributed by atoms with E-state index in [1.165, 1.54) is 18.2 Å². The predicted molar refractivity (Wildman–Crippen MR) is 42.4 cm³/mol. The summed E-state index contributed by atoms with van der Waals surface area (Å²) >= 11 is 4.84. The number of benzene rings is 1. The highest BCUT2D eigenvalue weighted by molar-refractivity contribution is 6.15. The standard InChI is InChI=1S/C8H6ClFO2/c1-5-4-6(8(11)12-9)2-3-7(5)10/h2-4H,1H3. The van der Waals surface area contributed by atoms with Crippen molar-refractivity contribution in [3.63, 3.8) is 0 Å². The van der Waals surface area contributed by atoms with Crippen LogP contribution in [0.2, 0.25) is 0 Å². The lowest BCUT2D eigenvalue weighted by molar-refractivity contribution is 0.0751. The molecule has 0 amide bonds. The summed E-state index contributed by atoms with van der Waals surface area (Å²) in [6.45, 7) is 1.56. The second kappa shape index (κ2) is 3.54. The van der Waals surface area contributed by atoms with Gasteiger partial charge in [-0.05, 0) is 30.7 Å². The summed E-state index contributed by atoms with van der Waals surface area (Å²) in [7, 11) is 0. The van der Waals surface area contributed by atoms with Crippen LogP contribution in [0.3, 0.4) is 0 Å². The van der Waals surface area contributed by atoms with E-state index in [9.17, 15) is 9.18 Å². The average molecular weight is 189 g/mol. The first-order valence-electron chi connectivity index (χ1n) is 3.24. The topological polar surface area (TPSA) is 26.3 Å². The van der Waals surface area contributed by atoms with E-state index >= 15 is 0 Å². The molecule has 0 radical (unpaired) electrons. The highest BCUT2D eigenvalue weighted by Crippen LogP contribution is 2.10. The molecule has 1 aromatic carbocycles. The van der Waals surface area contributed by atoms with Crippen LogP contribution in [0.1, 0.15) is 15.9 Å². The van der Waals surface area contributed by atoms with Gasteiger partial charge >= 0.3 is 5.97 Å². The predicted octanol–water partition coefficient (Wildman–Crippen LogP) is 2.44. The number of carbonyl (C=O) groups is 1. The number of aryl methyl sites for hydroxylation is 1. The first-order valence-corrected chi connectivity index (χ1v) is 3.55. The normalized spacial score (nSPS) is 9.58. The number of hydrogen-bond acceptors (Lipinski definition) is 2. The minimum atomic E-state index is -0.681. The molecule has 0 spiro atoms. The maximum Gasteiger partial charge on any atom is 0.356 e. The molecule has 0 fully saturated rings. The molecule has 64 valence electrons. The zero-order chi connectivity index (χ0) is 9.14. The minimum Gasteiger partial charge on any atom is -0.343 e. The fourth-order valence-corrected chi connectivity index (χ4v) is 0.905. The fourth-order valence-electron chi connectivity index (χ4n) is 0.816. The summed E-state index contributed by atoms with van der Waals surface area (Å²) in [6.07, 6.45) is 0. The van der Waals surface area contributed by atoms with Crippen LogP contribution < -0.4 is 0 Å². The van der Waals surface area contributed by atoms with E-state index in [0.717, 1.165) is 0 Å². The molecule has 0 aliphatic carbocycles. The molecule has 1 aromatic rings. The Labute approximate surface area is 74.1 Å². The molecule has 0 saturated heterocycles. The molecular weight excluding hydrogens is 183 g/mol. The molecule has 0 bridgehead atoms. The third kappa shape index (κ3) is 1.74. The number of carbonyl (C=O) groups excluding carboxylic acids is 1. The monoisotopic (exact) mass is 188 g/mol. The van der Waals surface area contributed by atoms with Crippen molar-refractivity contribution in [1.29, 1.82) is 0 Å². The van der Waals surface area contributed by atoms with Crippen molar-refractivity contribution >= 4 is 17.8 Å². The third-order valence-electron chi connectivity index (χ3n) is 1.46. The molecular formula is C8H6ClFO2. The molecule has 0 aromatic heterocycles. The van der Waals surface area contributed by atoms with Crippen LogP contribution in [0.25, 0.3) is 0 Å². The zero-order valence-electron chi connectivity index (χ0n) is 6.30. The van der Waals surface area contributed by atoms with Crippen LogP contribution in [0, 0.1) is 12.7 Å². The van der Waals surface area contributed by atoms with E-state index in [4.69, 9.17) is 11.9 Å². The van der Waals surface area contributed by atoms with Gasteiger partial charge in [0.15, 0.2) is 0 Å². The molecule has 2 nitrogen and oxygen atoms in total. The second-order valence-corrected chi connectivity index (χ2v) is 2.48.